The molecule has 26 heavy (non-hydrogen) atoms. The molecule has 0 saturated heterocycles. The van der Waals surface area contributed by atoms with Crippen LogP contribution in [0.3, 0.4) is 0 Å². The van der Waals surface area contributed by atoms with E-state index in [2.05, 4.69) is 12.2 Å². The third-order valence-corrected chi connectivity index (χ3v) is 4.21. The van der Waals surface area contributed by atoms with Gasteiger partial charge in [-0.05, 0) is 49.7 Å². The molecule has 4 nitrogen and oxygen atoms in total. The number of halogens is 1. The van der Waals surface area contributed by atoms with Gasteiger partial charge in [-0.2, -0.15) is 0 Å². The summed E-state index contributed by atoms with van der Waals surface area (Å²) >= 11 is 6.05. The first-order valence-electron chi connectivity index (χ1n) is 9.05. The molecular formula is C21H26ClNO3. The lowest BCUT2D eigenvalue weighted by Crippen LogP contribution is -2.30. The van der Waals surface area contributed by atoms with Crippen molar-refractivity contribution in [3.05, 3.63) is 53.6 Å². The Hall–Kier alpha value is -2.20. The first-order chi connectivity index (χ1) is 12.6. The minimum Gasteiger partial charge on any atom is -0.494 e. The van der Waals surface area contributed by atoms with Crippen LogP contribution in [0, 0.1) is 0 Å². The number of carbonyl (C=O) groups excluding carboxylic acids is 1. The molecule has 1 amide bonds. The van der Waals surface area contributed by atoms with E-state index >= 15 is 0 Å². The van der Waals surface area contributed by atoms with Gasteiger partial charge in [0.05, 0.1) is 11.6 Å². The molecule has 0 radical (unpaired) electrons. The van der Waals surface area contributed by atoms with Crippen molar-refractivity contribution in [2.75, 3.05) is 11.9 Å². The average Bonchev–Trinajstić information content (AvgIpc) is 2.64. The third kappa shape index (κ3) is 6.60. The summed E-state index contributed by atoms with van der Waals surface area (Å²) in [6.07, 6.45) is 4.04. The van der Waals surface area contributed by atoms with Crippen molar-refractivity contribution in [1.82, 2.24) is 0 Å². The molecule has 0 spiro atoms. The largest absolute Gasteiger partial charge is 0.494 e. The number of rotatable bonds is 10. The van der Waals surface area contributed by atoms with E-state index in [0.29, 0.717) is 23.1 Å². The highest BCUT2D eigenvalue weighted by atomic mass is 35.5. The molecule has 2 aromatic carbocycles. The number of amides is 1. The Morgan fingerprint density at radius 3 is 2.50 bits per heavy atom. The van der Waals surface area contributed by atoms with Gasteiger partial charge in [-0.25, -0.2) is 0 Å². The monoisotopic (exact) mass is 375 g/mol. The molecule has 0 fully saturated rings. The quantitative estimate of drug-likeness (QED) is 0.541. The van der Waals surface area contributed by atoms with Crippen molar-refractivity contribution >= 4 is 23.2 Å². The molecule has 2 rings (SSSR count). The third-order valence-electron chi connectivity index (χ3n) is 3.90. The van der Waals surface area contributed by atoms with Gasteiger partial charge in [0.2, 0.25) is 0 Å². The van der Waals surface area contributed by atoms with Crippen molar-refractivity contribution in [2.45, 2.75) is 45.6 Å². The maximum Gasteiger partial charge on any atom is 0.265 e. The van der Waals surface area contributed by atoms with Crippen LogP contribution in [0.25, 0.3) is 0 Å². The zero-order chi connectivity index (χ0) is 18.8. The number of carbonyl (C=O) groups is 1. The van der Waals surface area contributed by atoms with E-state index in [1.807, 2.05) is 36.4 Å². The van der Waals surface area contributed by atoms with Crippen LogP contribution in [0.5, 0.6) is 11.5 Å². The molecule has 1 atom stereocenters. The normalized spacial score (nSPS) is 11.7. The van der Waals surface area contributed by atoms with Gasteiger partial charge in [0.15, 0.2) is 6.10 Å². The van der Waals surface area contributed by atoms with Crippen LogP contribution in [0.4, 0.5) is 5.69 Å². The van der Waals surface area contributed by atoms with Crippen molar-refractivity contribution in [1.29, 1.82) is 0 Å². The molecule has 0 aliphatic heterocycles. The van der Waals surface area contributed by atoms with Crippen molar-refractivity contribution in [2.24, 2.45) is 0 Å². The summed E-state index contributed by atoms with van der Waals surface area (Å²) in [7, 11) is 0. The first-order valence-corrected chi connectivity index (χ1v) is 9.43. The lowest BCUT2D eigenvalue weighted by molar-refractivity contribution is -0.122. The second-order valence-electron chi connectivity index (χ2n) is 6.11. The van der Waals surface area contributed by atoms with Gasteiger partial charge in [-0.15, -0.1) is 0 Å². The fourth-order valence-corrected chi connectivity index (χ4v) is 2.56. The standard InChI is InChI=1S/C21H26ClNO3/c1-3-4-5-8-15-25-18-13-11-17(12-14-18)23-21(24)16(2)26-20-10-7-6-9-19(20)22/h6-7,9-14,16H,3-5,8,15H2,1-2H3,(H,23,24)/t16-/m0/s1. The van der Waals surface area contributed by atoms with Crippen molar-refractivity contribution < 1.29 is 14.3 Å². The molecule has 2 aromatic rings. The minimum absolute atomic E-state index is 0.238. The zero-order valence-electron chi connectivity index (χ0n) is 15.3. The van der Waals surface area contributed by atoms with E-state index < -0.39 is 6.10 Å². The molecule has 0 saturated carbocycles. The second kappa shape index (κ2) is 10.7. The average molecular weight is 376 g/mol. The summed E-state index contributed by atoms with van der Waals surface area (Å²) in [6.45, 7) is 4.59. The lowest BCUT2D eigenvalue weighted by atomic mass is 10.2. The van der Waals surface area contributed by atoms with Crippen LogP contribution in [0.1, 0.15) is 39.5 Å². The highest BCUT2D eigenvalue weighted by Gasteiger charge is 2.16. The van der Waals surface area contributed by atoms with E-state index in [1.165, 1.54) is 19.3 Å². The SMILES string of the molecule is CCCCCCOc1ccc(NC(=O)[C@H](C)Oc2ccccc2Cl)cc1. The van der Waals surface area contributed by atoms with E-state index in [-0.39, 0.29) is 5.91 Å². The van der Waals surface area contributed by atoms with Gasteiger partial charge in [-0.1, -0.05) is 49.9 Å². The summed E-state index contributed by atoms with van der Waals surface area (Å²) in [5.74, 6) is 1.06. The van der Waals surface area contributed by atoms with Crippen molar-refractivity contribution in [3.63, 3.8) is 0 Å². The number of hydrogen-bond acceptors (Lipinski definition) is 3. The molecule has 1 N–H and O–H groups in total. The van der Waals surface area contributed by atoms with Gasteiger partial charge in [0.25, 0.3) is 5.91 Å². The van der Waals surface area contributed by atoms with Gasteiger partial charge in [0, 0.05) is 5.69 Å². The number of nitrogens with one attached hydrogen (secondary N) is 1. The van der Waals surface area contributed by atoms with Crippen molar-refractivity contribution in [3.8, 4) is 11.5 Å². The number of para-hydroxylation sites is 1. The number of anilines is 1. The summed E-state index contributed by atoms with van der Waals surface area (Å²) in [5.41, 5.74) is 0.697. The fraction of sp³-hybridized carbons (Fsp3) is 0.381. The van der Waals surface area contributed by atoms with E-state index in [0.717, 1.165) is 12.2 Å². The van der Waals surface area contributed by atoms with Crippen LogP contribution in [-0.2, 0) is 4.79 Å². The predicted molar refractivity (Wildman–Crippen MR) is 106 cm³/mol. The Labute approximate surface area is 160 Å². The first kappa shape index (κ1) is 20.1. The molecule has 0 aromatic heterocycles. The summed E-state index contributed by atoms with van der Waals surface area (Å²) < 4.78 is 11.3. The molecule has 5 heteroatoms. The van der Waals surface area contributed by atoms with E-state index in [1.54, 1.807) is 19.1 Å². The Bertz CT molecular complexity index is 688. The van der Waals surface area contributed by atoms with Crippen LogP contribution in [0.2, 0.25) is 5.02 Å². The molecule has 0 aliphatic carbocycles. The maximum absolute atomic E-state index is 12.3. The number of ether oxygens (including phenoxy) is 2. The number of unbranched alkanes of at least 4 members (excludes halogenated alkanes) is 3. The highest BCUT2D eigenvalue weighted by molar-refractivity contribution is 6.32. The Kier molecular flexibility index (Phi) is 8.29. The molecule has 0 heterocycles. The molecule has 0 unspecified atom stereocenters. The number of hydrogen-bond donors (Lipinski definition) is 1. The summed E-state index contributed by atoms with van der Waals surface area (Å²) in [4.78, 5) is 12.3. The fourth-order valence-electron chi connectivity index (χ4n) is 2.38. The van der Waals surface area contributed by atoms with Gasteiger partial charge < -0.3 is 14.8 Å². The molecule has 0 aliphatic rings. The van der Waals surface area contributed by atoms with Gasteiger partial charge in [0.1, 0.15) is 11.5 Å². The molecule has 140 valence electrons. The van der Waals surface area contributed by atoms with Crippen LogP contribution in [0.15, 0.2) is 48.5 Å². The number of benzene rings is 2. The molecular weight excluding hydrogens is 350 g/mol. The minimum atomic E-state index is -0.663. The maximum atomic E-state index is 12.3. The Morgan fingerprint density at radius 1 is 1.08 bits per heavy atom. The molecule has 0 bridgehead atoms. The van der Waals surface area contributed by atoms with Gasteiger partial charge in [-0.3, -0.25) is 4.79 Å². The second-order valence-corrected chi connectivity index (χ2v) is 6.52. The van der Waals surface area contributed by atoms with E-state index in [4.69, 9.17) is 21.1 Å². The summed E-state index contributed by atoms with van der Waals surface area (Å²) in [5, 5.41) is 3.31. The zero-order valence-corrected chi connectivity index (χ0v) is 16.1. The van der Waals surface area contributed by atoms with E-state index in [9.17, 15) is 4.79 Å². The van der Waals surface area contributed by atoms with Gasteiger partial charge >= 0.3 is 0 Å². The predicted octanol–water partition coefficient (Wildman–Crippen LogP) is 5.71. The van der Waals surface area contributed by atoms with Crippen LogP contribution in [-0.4, -0.2) is 18.6 Å². The topological polar surface area (TPSA) is 47.6 Å². The Morgan fingerprint density at radius 2 is 1.81 bits per heavy atom. The highest BCUT2D eigenvalue weighted by Crippen LogP contribution is 2.24. The van der Waals surface area contributed by atoms with Crippen LogP contribution >= 0.6 is 11.6 Å². The smallest absolute Gasteiger partial charge is 0.265 e. The summed E-state index contributed by atoms with van der Waals surface area (Å²) in [6, 6.07) is 14.4. The Balaban J connectivity index is 1.80. The van der Waals surface area contributed by atoms with Crippen LogP contribution < -0.4 is 14.8 Å². The lowest BCUT2D eigenvalue weighted by Gasteiger charge is -2.15.